The molecule has 0 saturated carbocycles. The number of urea groups is 1. The monoisotopic (exact) mass is 400 g/mol. The van der Waals surface area contributed by atoms with E-state index in [4.69, 9.17) is 4.98 Å². The summed E-state index contributed by atoms with van der Waals surface area (Å²) in [4.78, 5) is 22.1. The van der Waals surface area contributed by atoms with Gasteiger partial charge >= 0.3 is 6.03 Å². The molecular formula is C25H28N4O. The van der Waals surface area contributed by atoms with Crippen molar-refractivity contribution in [1.82, 2.24) is 15.2 Å². The van der Waals surface area contributed by atoms with E-state index in [1.165, 1.54) is 5.56 Å². The van der Waals surface area contributed by atoms with E-state index >= 15 is 0 Å². The van der Waals surface area contributed by atoms with Crippen molar-refractivity contribution in [1.29, 1.82) is 0 Å². The molecule has 2 atom stereocenters. The lowest BCUT2D eigenvalue weighted by molar-refractivity contribution is 0.158. The smallest absolute Gasteiger partial charge is 0.318 e. The van der Waals surface area contributed by atoms with E-state index in [1.807, 2.05) is 53.6 Å². The molecule has 4 rings (SSSR count). The van der Waals surface area contributed by atoms with Gasteiger partial charge in [0, 0.05) is 37.4 Å². The lowest BCUT2D eigenvalue weighted by atomic mass is 10.1. The Morgan fingerprint density at radius 2 is 1.63 bits per heavy atom. The van der Waals surface area contributed by atoms with Crippen LogP contribution in [0.25, 0.3) is 0 Å². The van der Waals surface area contributed by atoms with E-state index in [1.54, 1.807) is 0 Å². The largest absolute Gasteiger partial charge is 0.350 e. The highest BCUT2D eigenvalue weighted by molar-refractivity contribution is 5.76. The molecule has 0 radical (unpaired) electrons. The molecule has 2 heterocycles. The lowest BCUT2D eigenvalue weighted by Gasteiger charge is -2.33. The van der Waals surface area contributed by atoms with Crippen LogP contribution in [0.15, 0.2) is 79.0 Å². The highest BCUT2D eigenvalue weighted by Gasteiger charge is 2.34. The molecule has 30 heavy (non-hydrogen) atoms. The van der Waals surface area contributed by atoms with Crippen LogP contribution in [0.2, 0.25) is 0 Å². The molecule has 2 amide bonds. The number of nitrogens with one attached hydrogen (secondary N) is 1. The van der Waals surface area contributed by atoms with Crippen molar-refractivity contribution in [2.45, 2.75) is 39.0 Å². The summed E-state index contributed by atoms with van der Waals surface area (Å²) in [7, 11) is 0. The molecule has 5 nitrogen and oxygen atoms in total. The molecule has 1 aliphatic heterocycles. The van der Waals surface area contributed by atoms with E-state index in [0.29, 0.717) is 6.54 Å². The third-order valence-electron chi connectivity index (χ3n) is 5.68. The van der Waals surface area contributed by atoms with Gasteiger partial charge in [-0.2, -0.15) is 0 Å². The van der Waals surface area contributed by atoms with Crippen molar-refractivity contribution in [2.75, 3.05) is 11.4 Å². The Bertz CT molecular complexity index is 977. The zero-order chi connectivity index (χ0) is 20.9. The topological polar surface area (TPSA) is 48.5 Å². The molecule has 0 fully saturated rings. The number of carbonyl (C=O) groups is 1. The maximum atomic E-state index is 13.2. The number of aromatic nitrogens is 1. The fourth-order valence-corrected chi connectivity index (χ4v) is 4.21. The maximum Gasteiger partial charge on any atom is 0.318 e. The number of benzene rings is 2. The number of pyridine rings is 1. The molecule has 2 aromatic carbocycles. The van der Waals surface area contributed by atoms with Crippen LogP contribution in [0, 0.1) is 0 Å². The van der Waals surface area contributed by atoms with Crippen LogP contribution in [0.1, 0.15) is 36.6 Å². The second kappa shape index (κ2) is 8.99. The highest BCUT2D eigenvalue weighted by atomic mass is 16.2. The average molecular weight is 401 g/mol. The van der Waals surface area contributed by atoms with E-state index in [-0.39, 0.29) is 18.1 Å². The molecule has 1 aromatic heterocycles. The minimum atomic E-state index is -0.0692. The van der Waals surface area contributed by atoms with Crippen molar-refractivity contribution in [3.63, 3.8) is 0 Å². The van der Waals surface area contributed by atoms with Gasteiger partial charge < -0.3 is 15.1 Å². The van der Waals surface area contributed by atoms with Crippen LogP contribution < -0.4 is 10.2 Å². The van der Waals surface area contributed by atoms with Crippen LogP contribution in [-0.4, -0.2) is 28.5 Å². The van der Waals surface area contributed by atoms with Crippen molar-refractivity contribution < 1.29 is 4.79 Å². The summed E-state index contributed by atoms with van der Waals surface area (Å²) >= 11 is 0. The van der Waals surface area contributed by atoms with Gasteiger partial charge in [-0.15, -0.1) is 0 Å². The van der Waals surface area contributed by atoms with Crippen LogP contribution in [0.4, 0.5) is 10.6 Å². The van der Waals surface area contributed by atoms with Gasteiger partial charge in [0.25, 0.3) is 0 Å². The summed E-state index contributed by atoms with van der Waals surface area (Å²) in [5.41, 5.74) is 3.40. The van der Waals surface area contributed by atoms with Crippen LogP contribution in [-0.2, 0) is 13.1 Å². The average Bonchev–Trinajstić information content (AvgIpc) is 2.88. The van der Waals surface area contributed by atoms with Gasteiger partial charge in [-0.25, -0.2) is 9.78 Å². The normalized spacial score (nSPS) is 18.5. The summed E-state index contributed by atoms with van der Waals surface area (Å²) in [5, 5.41) is 3.10. The van der Waals surface area contributed by atoms with Crippen LogP contribution >= 0.6 is 0 Å². The Hall–Kier alpha value is -3.34. The first-order chi connectivity index (χ1) is 14.6. The Labute approximate surface area is 178 Å². The summed E-state index contributed by atoms with van der Waals surface area (Å²) in [5.74, 6) is 0.957. The van der Waals surface area contributed by atoms with Crippen molar-refractivity contribution >= 4 is 11.8 Å². The third-order valence-corrected chi connectivity index (χ3v) is 5.68. The van der Waals surface area contributed by atoms with Crippen LogP contribution in [0.3, 0.4) is 0 Å². The maximum absolute atomic E-state index is 13.2. The lowest BCUT2D eigenvalue weighted by Crippen LogP contribution is -2.48. The molecular weight excluding hydrogens is 372 g/mol. The molecule has 1 N–H and O–H groups in total. The molecule has 0 unspecified atom stereocenters. The first kappa shape index (κ1) is 20.0. The molecule has 0 aliphatic carbocycles. The summed E-state index contributed by atoms with van der Waals surface area (Å²) < 4.78 is 0. The molecule has 3 aromatic rings. The van der Waals surface area contributed by atoms with Crippen molar-refractivity contribution in [2.24, 2.45) is 0 Å². The first-order valence-electron chi connectivity index (χ1n) is 10.5. The zero-order valence-corrected chi connectivity index (χ0v) is 17.5. The molecule has 1 aliphatic rings. The summed E-state index contributed by atoms with van der Waals surface area (Å²) in [6, 6.07) is 24.4. The minimum absolute atomic E-state index is 0.0358. The van der Waals surface area contributed by atoms with Gasteiger partial charge in [-0.1, -0.05) is 66.7 Å². The molecule has 0 bridgehead atoms. The van der Waals surface area contributed by atoms with Gasteiger partial charge in [-0.05, 0) is 31.0 Å². The number of anilines is 1. The summed E-state index contributed by atoms with van der Waals surface area (Å²) in [6.45, 7) is 6.21. The van der Waals surface area contributed by atoms with E-state index in [0.717, 1.165) is 30.0 Å². The fraction of sp³-hybridized carbons (Fsp3) is 0.280. The number of carbonyl (C=O) groups excluding carboxylic acids is 1. The summed E-state index contributed by atoms with van der Waals surface area (Å²) in [6.07, 6.45) is 1.83. The quantitative estimate of drug-likeness (QED) is 0.687. The van der Waals surface area contributed by atoms with Crippen LogP contribution in [0.5, 0.6) is 0 Å². The number of amides is 2. The highest BCUT2D eigenvalue weighted by Crippen LogP contribution is 2.34. The first-order valence-corrected chi connectivity index (χ1v) is 10.5. The number of hydrogen-bond donors (Lipinski definition) is 1. The van der Waals surface area contributed by atoms with Gasteiger partial charge in [0.2, 0.25) is 0 Å². The SMILES string of the molecule is C[C@@H]1CN(Cc2ccccc2)c2ncccc2[C@H](C)N1C(=O)NCc1ccccc1. The van der Waals surface area contributed by atoms with Gasteiger partial charge in [0.15, 0.2) is 0 Å². The predicted octanol–water partition coefficient (Wildman–Crippen LogP) is 4.76. The third kappa shape index (κ3) is 4.30. The van der Waals surface area contributed by atoms with Gasteiger partial charge in [-0.3, -0.25) is 0 Å². The standard InChI is InChI=1S/C25H28N4O/c1-19-17-28(18-22-12-7-4-8-13-22)24-23(14-9-15-26-24)20(2)29(19)25(30)27-16-21-10-5-3-6-11-21/h3-15,19-20H,16-18H2,1-2H3,(H,27,30)/t19-,20+/m1/s1. The Morgan fingerprint density at radius 3 is 2.33 bits per heavy atom. The molecule has 5 heteroatoms. The number of fused-ring (bicyclic) bond motifs is 1. The van der Waals surface area contributed by atoms with Gasteiger partial charge in [0.05, 0.1) is 6.04 Å². The zero-order valence-electron chi connectivity index (χ0n) is 17.5. The minimum Gasteiger partial charge on any atom is -0.350 e. The Balaban J connectivity index is 1.58. The Kier molecular flexibility index (Phi) is 5.98. The Morgan fingerprint density at radius 1 is 0.967 bits per heavy atom. The second-order valence-corrected chi connectivity index (χ2v) is 7.86. The molecule has 0 spiro atoms. The number of hydrogen-bond acceptors (Lipinski definition) is 3. The molecule has 0 saturated heterocycles. The second-order valence-electron chi connectivity index (χ2n) is 7.86. The van der Waals surface area contributed by atoms with E-state index in [9.17, 15) is 4.79 Å². The number of rotatable bonds is 4. The van der Waals surface area contributed by atoms with E-state index < -0.39 is 0 Å². The molecule has 154 valence electrons. The van der Waals surface area contributed by atoms with E-state index in [2.05, 4.69) is 54.4 Å². The number of nitrogens with zero attached hydrogens (tertiary/aromatic N) is 3. The van der Waals surface area contributed by atoms with Gasteiger partial charge in [0.1, 0.15) is 5.82 Å². The van der Waals surface area contributed by atoms with Crippen molar-refractivity contribution in [3.8, 4) is 0 Å². The fourth-order valence-electron chi connectivity index (χ4n) is 4.21. The predicted molar refractivity (Wildman–Crippen MR) is 120 cm³/mol. The van der Waals surface area contributed by atoms with Crippen molar-refractivity contribution in [3.05, 3.63) is 95.7 Å².